The summed E-state index contributed by atoms with van der Waals surface area (Å²) < 4.78 is 5.78. The highest BCUT2D eigenvalue weighted by molar-refractivity contribution is 14.1. The van der Waals surface area contributed by atoms with Crippen molar-refractivity contribution in [2.24, 2.45) is 0 Å². The van der Waals surface area contributed by atoms with Crippen LogP contribution in [-0.2, 0) is 11.3 Å². The number of alkyl halides is 1. The molecule has 1 N–H and O–H groups in total. The predicted molar refractivity (Wildman–Crippen MR) is 74.8 cm³/mol. The summed E-state index contributed by atoms with van der Waals surface area (Å²) in [5, 5.41) is 9.79. The molecule has 1 aromatic carbocycles. The van der Waals surface area contributed by atoms with Gasteiger partial charge in [0.2, 0.25) is 0 Å². The number of halogens is 1. The summed E-state index contributed by atoms with van der Waals surface area (Å²) in [5.41, 5.74) is 1.15. The van der Waals surface area contributed by atoms with Gasteiger partial charge in [0.1, 0.15) is 0 Å². The van der Waals surface area contributed by atoms with Crippen LogP contribution in [0.25, 0.3) is 0 Å². The highest BCUT2D eigenvalue weighted by atomic mass is 127. The van der Waals surface area contributed by atoms with Crippen LogP contribution in [0.1, 0.15) is 25.3 Å². The molecule has 2 nitrogen and oxygen atoms in total. The quantitative estimate of drug-likeness (QED) is 0.613. The first-order valence-corrected chi connectivity index (χ1v) is 6.92. The largest absolute Gasteiger partial charge is 0.390 e. The smallest absolute Gasteiger partial charge is 0.0891 e. The summed E-state index contributed by atoms with van der Waals surface area (Å²) in [6, 6.07) is 10.0. The van der Waals surface area contributed by atoms with Gasteiger partial charge >= 0.3 is 0 Å². The van der Waals surface area contributed by atoms with Crippen molar-refractivity contribution in [2.75, 3.05) is 6.61 Å². The molecule has 3 heteroatoms. The molecule has 0 fully saturated rings. The Hall–Kier alpha value is -0.130. The molecule has 0 aliphatic carbocycles. The molecule has 90 valence electrons. The van der Waals surface area contributed by atoms with E-state index in [0.717, 1.165) is 18.4 Å². The fourth-order valence-corrected chi connectivity index (χ4v) is 2.27. The molecule has 0 heterocycles. The Morgan fingerprint density at radius 1 is 1.31 bits per heavy atom. The number of aliphatic hydroxyl groups is 1. The van der Waals surface area contributed by atoms with E-state index in [1.807, 2.05) is 30.3 Å². The van der Waals surface area contributed by atoms with Gasteiger partial charge in [-0.1, -0.05) is 66.3 Å². The Labute approximate surface area is 111 Å². The molecule has 16 heavy (non-hydrogen) atoms. The molecule has 0 aliphatic rings. The van der Waals surface area contributed by atoms with E-state index in [-0.39, 0.29) is 6.10 Å². The Bertz CT molecular complexity index is 277. The average Bonchev–Trinajstić information content (AvgIpc) is 2.30. The Morgan fingerprint density at radius 3 is 2.62 bits per heavy atom. The monoisotopic (exact) mass is 334 g/mol. The predicted octanol–water partition coefficient (Wildman–Crippen LogP) is 3.17. The lowest BCUT2D eigenvalue weighted by Gasteiger charge is -2.16. The van der Waals surface area contributed by atoms with E-state index in [9.17, 15) is 5.11 Å². The van der Waals surface area contributed by atoms with E-state index in [1.165, 1.54) is 0 Å². The standard InChI is InChI=1S/C13H19IO2/c1-2-6-12(14)13(15)10-16-9-11-7-4-3-5-8-11/h3-5,7-8,12-13,15H,2,6,9-10H2,1H3/t12-,13+/m0/s1. The van der Waals surface area contributed by atoms with Crippen molar-refractivity contribution in [1.29, 1.82) is 0 Å². The van der Waals surface area contributed by atoms with Crippen LogP contribution in [0.3, 0.4) is 0 Å². The van der Waals surface area contributed by atoms with E-state index >= 15 is 0 Å². The molecule has 0 saturated heterocycles. The summed E-state index contributed by atoms with van der Waals surface area (Å²) in [6.45, 7) is 3.12. The first kappa shape index (κ1) is 13.9. The van der Waals surface area contributed by atoms with Crippen LogP contribution in [-0.4, -0.2) is 21.7 Å². The lowest BCUT2D eigenvalue weighted by Crippen LogP contribution is -2.25. The third-order valence-electron chi connectivity index (χ3n) is 2.38. The topological polar surface area (TPSA) is 29.5 Å². The van der Waals surface area contributed by atoms with Crippen LogP contribution in [0.15, 0.2) is 30.3 Å². The van der Waals surface area contributed by atoms with Crippen molar-refractivity contribution in [3.05, 3.63) is 35.9 Å². The van der Waals surface area contributed by atoms with Gasteiger partial charge in [-0.3, -0.25) is 0 Å². The van der Waals surface area contributed by atoms with Gasteiger partial charge < -0.3 is 9.84 Å². The summed E-state index contributed by atoms with van der Waals surface area (Å²) in [7, 11) is 0. The molecule has 0 bridgehead atoms. The summed E-state index contributed by atoms with van der Waals surface area (Å²) >= 11 is 2.29. The van der Waals surface area contributed by atoms with Crippen molar-refractivity contribution in [3.8, 4) is 0 Å². The molecule has 1 aromatic rings. The molecule has 0 spiro atoms. The SMILES string of the molecule is CCC[C@H](I)[C@H](O)COCc1ccccc1. The summed E-state index contributed by atoms with van der Waals surface area (Å²) in [6.07, 6.45) is 1.78. The van der Waals surface area contributed by atoms with Crippen molar-refractivity contribution in [1.82, 2.24) is 0 Å². The molecule has 0 aliphatic heterocycles. The molecule has 0 aromatic heterocycles. The molecule has 0 radical (unpaired) electrons. The number of rotatable bonds is 7. The first-order chi connectivity index (χ1) is 7.74. The van der Waals surface area contributed by atoms with Crippen molar-refractivity contribution < 1.29 is 9.84 Å². The van der Waals surface area contributed by atoms with E-state index in [1.54, 1.807) is 0 Å². The third-order valence-corrected chi connectivity index (χ3v) is 3.84. The van der Waals surface area contributed by atoms with Gasteiger partial charge in [0.25, 0.3) is 0 Å². The van der Waals surface area contributed by atoms with Gasteiger partial charge in [0.05, 0.1) is 19.3 Å². The van der Waals surface area contributed by atoms with Crippen LogP contribution >= 0.6 is 22.6 Å². The number of benzene rings is 1. The van der Waals surface area contributed by atoms with E-state index in [2.05, 4.69) is 29.5 Å². The first-order valence-electron chi connectivity index (χ1n) is 5.67. The summed E-state index contributed by atoms with van der Waals surface area (Å²) in [4.78, 5) is 0. The molecule has 0 amide bonds. The maximum absolute atomic E-state index is 9.79. The maximum atomic E-state index is 9.79. The second-order valence-corrected chi connectivity index (χ2v) is 5.47. The fraction of sp³-hybridized carbons (Fsp3) is 0.538. The molecule has 0 saturated carbocycles. The molecule has 1 rings (SSSR count). The lowest BCUT2D eigenvalue weighted by atomic mass is 10.2. The van der Waals surface area contributed by atoms with Crippen LogP contribution in [0.5, 0.6) is 0 Å². The number of hydrogen-bond acceptors (Lipinski definition) is 2. The minimum atomic E-state index is -0.357. The highest BCUT2D eigenvalue weighted by Gasteiger charge is 2.14. The van der Waals surface area contributed by atoms with Gasteiger partial charge in [-0.05, 0) is 12.0 Å². The van der Waals surface area contributed by atoms with Crippen LogP contribution in [0, 0.1) is 0 Å². The average molecular weight is 334 g/mol. The maximum Gasteiger partial charge on any atom is 0.0891 e. The minimum Gasteiger partial charge on any atom is -0.390 e. The Morgan fingerprint density at radius 2 is 2.00 bits per heavy atom. The second-order valence-electron chi connectivity index (χ2n) is 3.87. The van der Waals surface area contributed by atoms with Gasteiger partial charge in [-0.25, -0.2) is 0 Å². The van der Waals surface area contributed by atoms with Gasteiger partial charge in [-0.15, -0.1) is 0 Å². The number of hydrogen-bond donors (Lipinski definition) is 1. The zero-order chi connectivity index (χ0) is 11.8. The van der Waals surface area contributed by atoms with E-state index in [0.29, 0.717) is 17.1 Å². The second kappa shape index (κ2) is 8.03. The van der Waals surface area contributed by atoms with E-state index in [4.69, 9.17) is 4.74 Å². The lowest BCUT2D eigenvalue weighted by molar-refractivity contribution is 0.0288. The number of ether oxygens (including phenoxy) is 1. The van der Waals surface area contributed by atoms with Crippen molar-refractivity contribution >= 4 is 22.6 Å². The van der Waals surface area contributed by atoms with E-state index < -0.39 is 0 Å². The zero-order valence-electron chi connectivity index (χ0n) is 9.60. The number of aliphatic hydroxyl groups excluding tert-OH is 1. The van der Waals surface area contributed by atoms with Crippen molar-refractivity contribution in [2.45, 2.75) is 36.4 Å². The molecular formula is C13H19IO2. The third kappa shape index (κ3) is 5.27. The molecule has 0 unspecified atom stereocenters. The Kier molecular flexibility index (Phi) is 7.00. The van der Waals surface area contributed by atoms with Crippen LogP contribution in [0.4, 0.5) is 0 Å². The van der Waals surface area contributed by atoms with Crippen LogP contribution in [0.2, 0.25) is 0 Å². The van der Waals surface area contributed by atoms with Gasteiger partial charge in [-0.2, -0.15) is 0 Å². The normalized spacial score (nSPS) is 14.7. The van der Waals surface area contributed by atoms with Crippen molar-refractivity contribution in [3.63, 3.8) is 0 Å². The summed E-state index contributed by atoms with van der Waals surface area (Å²) in [5.74, 6) is 0. The minimum absolute atomic E-state index is 0.290. The van der Waals surface area contributed by atoms with Crippen LogP contribution < -0.4 is 0 Å². The Balaban J connectivity index is 2.20. The highest BCUT2D eigenvalue weighted by Crippen LogP contribution is 2.14. The molecule has 2 atom stereocenters. The zero-order valence-corrected chi connectivity index (χ0v) is 11.8. The molecular weight excluding hydrogens is 315 g/mol. The fourth-order valence-electron chi connectivity index (χ4n) is 1.44. The van der Waals surface area contributed by atoms with Gasteiger partial charge in [0, 0.05) is 3.92 Å². The van der Waals surface area contributed by atoms with Gasteiger partial charge in [0.15, 0.2) is 0 Å².